The molecule has 0 unspecified atom stereocenters. The Labute approximate surface area is 108 Å². The summed E-state index contributed by atoms with van der Waals surface area (Å²) in [6, 6.07) is 6.94. The molecule has 0 bridgehead atoms. The monoisotopic (exact) mass is 308 g/mol. The fourth-order valence-electron chi connectivity index (χ4n) is 2.02. The first kappa shape index (κ1) is 11.2. The first-order valence-electron chi connectivity index (χ1n) is 5.28. The van der Waals surface area contributed by atoms with Crippen molar-refractivity contribution in [3.63, 3.8) is 0 Å². The maximum atomic E-state index is 11.8. The van der Waals surface area contributed by atoms with Gasteiger partial charge in [0.25, 0.3) is 0 Å². The molecule has 1 aromatic heterocycles. The van der Waals surface area contributed by atoms with E-state index in [1.165, 1.54) is 0 Å². The minimum absolute atomic E-state index is 0.133. The molecule has 6 heteroatoms. The third-order valence-electron chi connectivity index (χ3n) is 2.82. The Morgan fingerprint density at radius 2 is 1.67 bits per heavy atom. The molecule has 0 spiro atoms. The van der Waals surface area contributed by atoms with Gasteiger partial charge in [0.15, 0.2) is 0 Å². The zero-order valence-corrected chi connectivity index (χ0v) is 10.8. The molecule has 1 aliphatic heterocycles. The number of hydrogen-bond acceptors (Lipinski definition) is 3. The van der Waals surface area contributed by atoms with Crippen molar-refractivity contribution in [2.45, 2.75) is 5.92 Å². The number of barbiturate groups is 1. The fraction of sp³-hybridized carbons (Fsp3) is 0.0833. The van der Waals surface area contributed by atoms with Crippen molar-refractivity contribution < 1.29 is 14.4 Å². The van der Waals surface area contributed by atoms with Crippen molar-refractivity contribution in [3.8, 4) is 0 Å². The molecule has 4 amide bonds. The Kier molecular flexibility index (Phi) is 2.54. The summed E-state index contributed by atoms with van der Waals surface area (Å²) in [5.74, 6) is -2.03. The van der Waals surface area contributed by atoms with Crippen LogP contribution in [0.2, 0.25) is 0 Å². The molecule has 0 atom stereocenters. The number of amides is 4. The first-order chi connectivity index (χ1) is 8.66. The van der Waals surface area contributed by atoms with Crippen LogP contribution in [0.3, 0.4) is 0 Å². The number of fused-ring (bicyclic) bond motifs is 1. The van der Waals surface area contributed by atoms with Gasteiger partial charge < -0.3 is 0 Å². The molecule has 5 nitrogen and oxygen atoms in total. The molecule has 0 aliphatic carbocycles. The number of imide groups is 2. The van der Waals surface area contributed by atoms with Gasteiger partial charge in [-0.25, -0.2) is 0 Å². The quantitative estimate of drug-likeness (QED) is 0.589. The molecular weight excluding hydrogens is 299 g/mol. The van der Waals surface area contributed by atoms with Crippen LogP contribution in [0.1, 0.15) is 11.5 Å². The van der Waals surface area contributed by atoms with E-state index in [4.69, 9.17) is 0 Å². The second kappa shape index (κ2) is 4.08. The summed E-state index contributed by atoms with van der Waals surface area (Å²) < 4.78 is 1.15. The molecule has 1 fully saturated rings. The summed E-state index contributed by atoms with van der Waals surface area (Å²) in [6.07, 6.45) is 0. The van der Waals surface area contributed by atoms with Crippen LogP contribution in [0, 0.1) is 0 Å². The zero-order chi connectivity index (χ0) is 12.7. The van der Waals surface area contributed by atoms with E-state index in [-0.39, 0.29) is 14.5 Å². The van der Waals surface area contributed by atoms with Crippen LogP contribution in [0.25, 0.3) is 9.65 Å². The van der Waals surface area contributed by atoms with Gasteiger partial charge in [-0.05, 0) is 0 Å². The normalized spacial score (nSPS) is 16.8. The topological polar surface area (TPSA) is 75.3 Å². The molecule has 18 heavy (non-hydrogen) atoms. The Morgan fingerprint density at radius 1 is 1.00 bits per heavy atom. The van der Waals surface area contributed by atoms with E-state index in [1.54, 1.807) is 0 Å². The summed E-state index contributed by atoms with van der Waals surface area (Å²) in [7, 11) is 0. The van der Waals surface area contributed by atoms with E-state index in [9.17, 15) is 14.4 Å². The van der Waals surface area contributed by atoms with Crippen molar-refractivity contribution in [1.29, 1.82) is 0 Å². The van der Waals surface area contributed by atoms with Gasteiger partial charge in [-0.2, -0.15) is 0 Å². The van der Waals surface area contributed by atoms with Gasteiger partial charge >= 0.3 is 108 Å². The average Bonchev–Trinajstić information content (AvgIpc) is 2.72. The predicted molar refractivity (Wildman–Crippen MR) is 65.3 cm³/mol. The number of carbonyl (C=O) groups excluding carboxylic acids is 3. The Balaban J connectivity index is 2.11. The minimum atomic E-state index is -0.923. The van der Waals surface area contributed by atoms with Crippen LogP contribution in [-0.2, 0) is 9.59 Å². The summed E-state index contributed by atoms with van der Waals surface area (Å²) in [5, 5.41) is 5.18. The first-order valence-corrected chi connectivity index (χ1v) is 7.13. The molecule has 1 aliphatic rings. The van der Waals surface area contributed by atoms with Crippen LogP contribution in [0.15, 0.2) is 29.2 Å². The number of urea groups is 1. The van der Waals surface area contributed by atoms with E-state index >= 15 is 0 Å². The molecular formula is C12H8N2O3Se. The van der Waals surface area contributed by atoms with Crippen LogP contribution >= 0.6 is 0 Å². The second-order valence-corrected chi connectivity index (χ2v) is 5.84. The van der Waals surface area contributed by atoms with Gasteiger partial charge in [0.2, 0.25) is 0 Å². The molecule has 2 N–H and O–H groups in total. The van der Waals surface area contributed by atoms with Crippen molar-refractivity contribution in [2.75, 3.05) is 0 Å². The Hall–Kier alpha value is -1.91. The Bertz CT molecular complexity index is 657. The number of benzene rings is 1. The molecule has 0 radical (unpaired) electrons. The van der Waals surface area contributed by atoms with Gasteiger partial charge in [0.1, 0.15) is 0 Å². The second-order valence-electron chi connectivity index (χ2n) is 3.93. The SMILES string of the molecule is O=C1NC(=O)C(c2c[se]c3ccccc23)C(=O)N1. The molecule has 2 aromatic rings. The summed E-state index contributed by atoms with van der Waals surface area (Å²) in [6.45, 7) is 0. The van der Waals surface area contributed by atoms with Gasteiger partial charge in [-0.15, -0.1) is 0 Å². The van der Waals surface area contributed by atoms with Crippen LogP contribution in [-0.4, -0.2) is 32.3 Å². The van der Waals surface area contributed by atoms with Crippen LogP contribution < -0.4 is 10.6 Å². The summed E-state index contributed by atoms with van der Waals surface area (Å²) >= 11 is 0.133. The molecule has 3 rings (SSSR count). The number of nitrogens with one attached hydrogen (secondary N) is 2. The summed E-state index contributed by atoms with van der Waals surface area (Å²) in [5.41, 5.74) is 0.702. The van der Waals surface area contributed by atoms with Crippen molar-refractivity contribution in [1.82, 2.24) is 10.6 Å². The summed E-state index contributed by atoms with van der Waals surface area (Å²) in [4.78, 5) is 36.5. The van der Waals surface area contributed by atoms with Crippen molar-refractivity contribution >= 4 is 42.0 Å². The predicted octanol–water partition coefficient (Wildman–Crippen LogP) is 0.346. The van der Waals surface area contributed by atoms with Crippen LogP contribution in [0.5, 0.6) is 0 Å². The number of hydrogen-bond donors (Lipinski definition) is 2. The third-order valence-corrected chi connectivity index (χ3v) is 4.88. The van der Waals surface area contributed by atoms with E-state index in [2.05, 4.69) is 10.6 Å². The molecule has 1 aromatic carbocycles. The van der Waals surface area contributed by atoms with Crippen molar-refractivity contribution in [2.24, 2.45) is 0 Å². The van der Waals surface area contributed by atoms with E-state index < -0.39 is 23.8 Å². The van der Waals surface area contributed by atoms with Crippen molar-refractivity contribution in [3.05, 3.63) is 34.8 Å². The molecule has 1 saturated heterocycles. The molecule has 90 valence electrons. The van der Waals surface area contributed by atoms with Crippen LogP contribution in [0.4, 0.5) is 4.79 Å². The molecule has 0 saturated carbocycles. The van der Waals surface area contributed by atoms with E-state index in [0.717, 1.165) is 9.65 Å². The zero-order valence-electron chi connectivity index (χ0n) is 9.10. The van der Waals surface area contributed by atoms with E-state index in [1.807, 2.05) is 29.2 Å². The van der Waals surface area contributed by atoms with Gasteiger partial charge in [-0.3, -0.25) is 0 Å². The molecule has 2 heterocycles. The van der Waals surface area contributed by atoms with Gasteiger partial charge in [-0.1, -0.05) is 0 Å². The third kappa shape index (κ3) is 1.66. The standard InChI is InChI=1S/C12H8N2O3Se/c15-10-9(11(16)14-12(17)13-10)7-5-18-8-4-2-1-3-6(7)8/h1-5,9H,(H2,13,14,15,16,17). The average molecular weight is 307 g/mol. The van der Waals surface area contributed by atoms with E-state index in [0.29, 0.717) is 5.56 Å². The number of rotatable bonds is 1. The Morgan fingerprint density at radius 3 is 2.39 bits per heavy atom. The van der Waals surface area contributed by atoms with Gasteiger partial charge in [0, 0.05) is 0 Å². The fourth-order valence-corrected chi connectivity index (χ4v) is 4.09. The van der Waals surface area contributed by atoms with Gasteiger partial charge in [0.05, 0.1) is 0 Å². The number of carbonyl (C=O) groups is 3. The maximum absolute atomic E-state index is 11.8.